The smallest absolute Gasteiger partial charge is 0.341 e. The van der Waals surface area contributed by atoms with Gasteiger partial charge in [0.05, 0.1) is 12.3 Å². The van der Waals surface area contributed by atoms with Gasteiger partial charge in [-0.15, -0.1) is 0 Å². The fourth-order valence-electron chi connectivity index (χ4n) is 1.23. The van der Waals surface area contributed by atoms with E-state index in [1.165, 1.54) is 0 Å². The maximum absolute atomic E-state index is 11.6. The lowest BCUT2D eigenvalue weighted by molar-refractivity contribution is 0.0525. The van der Waals surface area contributed by atoms with Gasteiger partial charge in [-0.05, 0) is 42.3 Å². The zero-order valence-electron chi connectivity index (χ0n) is 8.73. The molecule has 1 rings (SSSR count). The molecule has 0 unspecified atom stereocenters. The molecule has 0 radical (unpaired) electrons. The molecule has 1 heterocycles. The third-order valence-electron chi connectivity index (χ3n) is 1.97. The summed E-state index contributed by atoms with van der Waals surface area (Å²) in [4.78, 5) is 15.6. The van der Waals surface area contributed by atoms with Gasteiger partial charge in [0, 0.05) is 4.47 Å². The molecule has 0 aromatic carbocycles. The van der Waals surface area contributed by atoms with Crippen LogP contribution in [-0.4, -0.2) is 17.6 Å². The highest BCUT2D eigenvalue weighted by Crippen LogP contribution is 2.27. The largest absolute Gasteiger partial charge is 0.462 e. The maximum Gasteiger partial charge on any atom is 0.341 e. The highest BCUT2D eigenvalue weighted by molar-refractivity contribution is 9.10. The lowest BCUT2D eigenvalue weighted by atomic mass is 10.1. The van der Waals surface area contributed by atoms with Crippen molar-refractivity contribution in [2.24, 2.45) is 0 Å². The minimum atomic E-state index is -0.437. The second-order valence-electron chi connectivity index (χ2n) is 3.02. The molecule has 0 aliphatic rings. The van der Waals surface area contributed by atoms with Crippen molar-refractivity contribution < 1.29 is 9.53 Å². The van der Waals surface area contributed by atoms with Crippen LogP contribution in [0.4, 0.5) is 0 Å². The summed E-state index contributed by atoms with van der Waals surface area (Å²) < 4.78 is 5.69. The van der Waals surface area contributed by atoms with Crippen molar-refractivity contribution in [1.29, 1.82) is 0 Å². The Bertz CT molecular complexity index is 407. The molecule has 0 atom stereocenters. The zero-order chi connectivity index (χ0) is 11.6. The Hall–Kier alpha value is -0.610. The summed E-state index contributed by atoms with van der Waals surface area (Å²) in [6.45, 7) is 5.69. The SMILES string of the molecule is CCOC(=O)c1c(Cl)nc(C)c(Br)c1C. The first kappa shape index (κ1) is 12.5. The number of aryl methyl sites for hydroxylation is 1. The molecular weight excluding hydrogens is 281 g/mol. The molecule has 5 heteroatoms. The van der Waals surface area contributed by atoms with E-state index in [9.17, 15) is 4.79 Å². The van der Waals surface area contributed by atoms with Gasteiger partial charge in [0.1, 0.15) is 10.7 Å². The van der Waals surface area contributed by atoms with Gasteiger partial charge in [-0.3, -0.25) is 0 Å². The molecule has 3 nitrogen and oxygen atoms in total. The number of hydrogen-bond donors (Lipinski definition) is 0. The van der Waals surface area contributed by atoms with E-state index in [2.05, 4.69) is 20.9 Å². The van der Waals surface area contributed by atoms with Crippen LogP contribution in [-0.2, 0) is 4.74 Å². The Morgan fingerprint density at radius 2 is 2.13 bits per heavy atom. The van der Waals surface area contributed by atoms with Crippen molar-refractivity contribution in [3.05, 3.63) is 26.4 Å². The molecule has 0 spiro atoms. The van der Waals surface area contributed by atoms with Crippen LogP contribution in [0.1, 0.15) is 28.5 Å². The van der Waals surface area contributed by atoms with Crippen LogP contribution in [0, 0.1) is 13.8 Å². The summed E-state index contributed by atoms with van der Waals surface area (Å²) in [7, 11) is 0. The number of hydrogen-bond acceptors (Lipinski definition) is 3. The first-order valence-corrected chi connectivity index (χ1v) is 5.65. The highest BCUT2D eigenvalue weighted by Gasteiger charge is 2.19. The highest BCUT2D eigenvalue weighted by atomic mass is 79.9. The third kappa shape index (κ3) is 2.49. The molecule has 1 aromatic rings. The topological polar surface area (TPSA) is 39.2 Å². The average Bonchev–Trinajstić information content (AvgIpc) is 2.15. The normalized spacial score (nSPS) is 10.2. The molecular formula is C10H11BrClNO2. The second kappa shape index (κ2) is 4.94. The van der Waals surface area contributed by atoms with Gasteiger partial charge in [0.15, 0.2) is 0 Å². The van der Waals surface area contributed by atoms with Gasteiger partial charge in [-0.1, -0.05) is 11.6 Å². The van der Waals surface area contributed by atoms with Crippen LogP contribution in [0.5, 0.6) is 0 Å². The van der Waals surface area contributed by atoms with Crippen molar-refractivity contribution in [1.82, 2.24) is 4.98 Å². The lowest BCUT2D eigenvalue weighted by Crippen LogP contribution is -2.10. The van der Waals surface area contributed by atoms with E-state index in [0.717, 1.165) is 15.7 Å². The number of esters is 1. The van der Waals surface area contributed by atoms with Gasteiger partial charge in [0.25, 0.3) is 0 Å². The predicted molar refractivity (Wildman–Crippen MR) is 62.4 cm³/mol. The van der Waals surface area contributed by atoms with Gasteiger partial charge < -0.3 is 4.74 Å². The summed E-state index contributed by atoms with van der Waals surface area (Å²) in [6, 6.07) is 0. The molecule has 0 aliphatic carbocycles. The van der Waals surface area contributed by atoms with Crippen molar-refractivity contribution in [3.63, 3.8) is 0 Å². The molecule has 0 bridgehead atoms. The minimum Gasteiger partial charge on any atom is -0.462 e. The Labute approximate surface area is 102 Å². The van der Waals surface area contributed by atoms with Crippen LogP contribution in [0.25, 0.3) is 0 Å². The van der Waals surface area contributed by atoms with Crippen LogP contribution in [0.3, 0.4) is 0 Å². The summed E-state index contributed by atoms with van der Waals surface area (Å²) in [5, 5.41) is 0.187. The Balaban J connectivity index is 3.29. The van der Waals surface area contributed by atoms with Crippen LogP contribution >= 0.6 is 27.5 Å². The molecule has 0 aliphatic heterocycles. The molecule has 0 N–H and O–H groups in total. The zero-order valence-corrected chi connectivity index (χ0v) is 11.1. The number of carbonyl (C=O) groups excluding carboxylic acids is 1. The van der Waals surface area contributed by atoms with E-state index in [4.69, 9.17) is 16.3 Å². The third-order valence-corrected chi connectivity index (χ3v) is 3.42. The van der Waals surface area contributed by atoms with E-state index in [1.54, 1.807) is 13.8 Å². The second-order valence-corrected chi connectivity index (χ2v) is 4.17. The fourth-order valence-corrected chi connectivity index (χ4v) is 1.86. The first-order valence-electron chi connectivity index (χ1n) is 4.48. The minimum absolute atomic E-state index is 0.187. The summed E-state index contributed by atoms with van der Waals surface area (Å²) in [5.74, 6) is -0.437. The molecule has 15 heavy (non-hydrogen) atoms. The number of ether oxygens (including phenoxy) is 1. The van der Waals surface area contributed by atoms with E-state index < -0.39 is 5.97 Å². The van der Waals surface area contributed by atoms with Crippen molar-refractivity contribution >= 4 is 33.5 Å². The standard InChI is InChI=1S/C10H11BrClNO2/c1-4-15-10(14)7-5(2)8(11)6(3)13-9(7)12/h4H2,1-3H3. The number of nitrogens with zero attached hydrogens (tertiary/aromatic N) is 1. The van der Waals surface area contributed by atoms with Crippen molar-refractivity contribution in [2.45, 2.75) is 20.8 Å². The monoisotopic (exact) mass is 291 g/mol. The maximum atomic E-state index is 11.6. The fraction of sp³-hybridized carbons (Fsp3) is 0.400. The first-order chi connectivity index (χ1) is 6.99. The van der Waals surface area contributed by atoms with Gasteiger partial charge in [-0.2, -0.15) is 0 Å². The molecule has 0 fully saturated rings. The Kier molecular flexibility index (Phi) is 4.11. The van der Waals surface area contributed by atoms with Crippen molar-refractivity contribution in [3.8, 4) is 0 Å². The van der Waals surface area contributed by atoms with E-state index >= 15 is 0 Å². The van der Waals surface area contributed by atoms with Crippen LogP contribution < -0.4 is 0 Å². The molecule has 0 saturated heterocycles. The van der Waals surface area contributed by atoms with Crippen LogP contribution in [0.15, 0.2) is 4.47 Å². The van der Waals surface area contributed by atoms with Gasteiger partial charge >= 0.3 is 5.97 Å². The van der Waals surface area contributed by atoms with E-state index in [1.807, 2.05) is 6.92 Å². The lowest BCUT2D eigenvalue weighted by Gasteiger charge is -2.10. The summed E-state index contributed by atoms with van der Waals surface area (Å²) >= 11 is 9.26. The number of carbonyl (C=O) groups is 1. The molecule has 0 amide bonds. The molecule has 1 aromatic heterocycles. The van der Waals surface area contributed by atoms with E-state index in [-0.39, 0.29) is 5.15 Å². The Morgan fingerprint density at radius 1 is 1.53 bits per heavy atom. The molecule has 0 saturated carbocycles. The quantitative estimate of drug-likeness (QED) is 0.620. The van der Waals surface area contributed by atoms with Crippen molar-refractivity contribution in [2.75, 3.05) is 6.61 Å². The summed E-state index contributed by atoms with van der Waals surface area (Å²) in [6.07, 6.45) is 0. The number of halogens is 2. The summed E-state index contributed by atoms with van der Waals surface area (Å²) in [5.41, 5.74) is 1.84. The predicted octanol–water partition coefficient (Wildman–Crippen LogP) is 3.29. The average molecular weight is 293 g/mol. The van der Waals surface area contributed by atoms with Gasteiger partial charge in [0.2, 0.25) is 0 Å². The number of pyridine rings is 1. The molecule has 82 valence electrons. The number of rotatable bonds is 2. The van der Waals surface area contributed by atoms with Crippen LogP contribution in [0.2, 0.25) is 5.15 Å². The number of aromatic nitrogens is 1. The Morgan fingerprint density at radius 3 is 2.67 bits per heavy atom. The van der Waals surface area contributed by atoms with Gasteiger partial charge in [-0.25, -0.2) is 9.78 Å². The van der Waals surface area contributed by atoms with E-state index in [0.29, 0.717) is 12.2 Å².